The normalized spacial score (nSPS) is 12.6. The van der Waals surface area contributed by atoms with Crippen LogP contribution in [-0.4, -0.2) is 36.3 Å². The standard InChI is InChI=1S/C6H18NSi2.Ga.2H2/c1-8(2,3)7-9(4,5)6;;;/h1-6H3;;2*1H/q-1;;;. The van der Waals surface area contributed by atoms with Crippen molar-refractivity contribution in [2.24, 2.45) is 0 Å². The third-order valence-corrected chi connectivity index (χ3v) is 6.04. The van der Waals surface area contributed by atoms with Crippen LogP contribution in [0.25, 0.3) is 4.65 Å². The molecule has 63 valence electrons. The minimum absolute atomic E-state index is 0. The van der Waals surface area contributed by atoms with Crippen LogP contribution in [0, 0.1) is 0 Å². The van der Waals surface area contributed by atoms with Gasteiger partial charge in [-0.3, -0.25) is 0 Å². The van der Waals surface area contributed by atoms with E-state index in [-0.39, 0.29) is 22.6 Å². The molecule has 0 aromatic heterocycles. The molecule has 0 aliphatic rings. The second-order valence-electron chi connectivity index (χ2n) is 4.45. The van der Waals surface area contributed by atoms with Gasteiger partial charge in [-0.05, 0) is 0 Å². The minimum Gasteiger partial charge on any atom is -0.668 e. The van der Waals surface area contributed by atoms with E-state index >= 15 is 0 Å². The molecule has 0 N–H and O–H groups in total. The molecule has 0 heterocycles. The van der Waals surface area contributed by atoms with E-state index in [0.29, 0.717) is 0 Å². The second-order valence-corrected chi connectivity index (χ2v) is 14.0. The fourth-order valence-electron chi connectivity index (χ4n) is 1.01. The molecular weight excluding hydrogens is 212 g/mol. The Hall–Kier alpha value is 1.03. The fraction of sp³-hybridized carbons (Fsp3) is 1.00. The smallest absolute Gasteiger partial charge is 0 e. The Morgan fingerprint density at radius 3 is 1.00 bits per heavy atom. The van der Waals surface area contributed by atoms with Crippen LogP contribution in [0.4, 0.5) is 0 Å². The van der Waals surface area contributed by atoms with Crippen LogP contribution in [0.1, 0.15) is 2.85 Å². The average Bonchev–Trinajstić information content (AvgIpc) is 1.14. The van der Waals surface area contributed by atoms with Crippen molar-refractivity contribution < 1.29 is 2.85 Å². The first-order valence-electron chi connectivity index (χ1n) is 3.45. The van der Waals surface area contributed by atoms with Gasteiger partial charge in [0.25, 0.3) is 0 Å². The SMILES string of the molecule is C[Si](C)(C)[N-][Si](C)(C)C.[Ga].[HH].[HH]. The van der Waals surface area contributed by atoms with Gasteiger partial charge in [0, 0.05) is 22.6 Å². The van der Waals surface area contributed by atoms with Gasteiger partial charge in [0.05, 0.1) is 0 Å². The largest absolute Gasteiger partial charge is 0.668 e. The summed E-state index contributed by atoms with van der Waals surface area (Å²) >= 11 is 0. The predicted molar refractivity (Wildman–Crippen MR) is 60.0 cm³/mol. The van der Waals surface area contributed by atoms with Crippen LogP contribution in [0.5, 0.6) is 0 Å². The number of rotatable bonds is 2. The van der Waals surface area contributed by atoms with E-state index in [0.717, 1.165) is 0 Å². The summed E-state index contributed by atoms with van der Waals surface area (Å²) in [7, 11) is -2.21. The van der Waals surface area contributed by atoms with Gasteiger partial charge in [-0.1, -0.05) is 55.8 Å². The molecular formula is C6H22GaNSi2-. The molecule has 0 unspecified atom stereocenters. The van der Waals surface area contributed by atoms with Crippen molar-refractivity contribution in [2.45, 2.75) is 39.3 Å². The van der Waals surface area contributed by atoms with Crippen molar-refractivity contribution in [2.75, 3.05) is 0 Å². The molecule has 0 aliphatic heterocycles. The summed E-state index contributed by atoms with van der Waals surface area (Å²) < 4.78 is 4.82. The Morgan fingerprint density at radius 1 is 0.800 bits per heavy atom. The predicted octanol–water partition coefficient (Wildman–Crippen LogP) is 3.14. The van der Waals surface area contributed by atoms with Crippen LogP contribution >= 0.6 is 0 Å². The van der Waals surface area contributed by atoms with Gasteiger partial charge in [0.1, 0.15) is 0 Å². The van der Waals surface area contributed by atoms with E-state index in [1.807, 2.05) is 0 Å². The van der Waals surface area contributed by atoms with Crippen LogP contribution in [0.3, 0.4) is 0 Å². The molecule has 10 heavy (non-hydrogen) atoms. The van der Waals surface area contributed by atoms with Crippen molar-refractivity contribution in [1.29, 1.82) is 0 Å². The zero-order valence-corrected chi connectivity index (χ0v) is 12.4. The van der Waals surface area contributed by atoms with Crippen molar-refractivity contribution in [3.8, 4) is 0 Å². The second kappa shape index (κ2) is 4.16. The molecule has 0 spiro atoms. The molecule has 3 radical (unpaired) electrons. The molecule has 0 aromatic carbocycles. The summed E-state index contributed by atoms with van der Waals surface area (Å²) in [4.78, 5) is 0. The van der Waals surface area contributed by atoms with E-state index in [1.54, 1.807) is 0 Å². The third kappa shape index (κ3) is 11.8. The molecule has 0 amide bonds. The molecule has 0 saturated heterocycles. The molecule has 0 fully saturated rings. The van der Waals surface area contributed by atoms with Gasteiger partial charge >= 0.3 is 0 Å². The Kier molecular flexibility index (Phi) is 5.65. The number of hydrogen-bond donors (Lipinski definition) is 0. The first kappa shape index (κ1) is 13.6. The first-order valence-corrected chi connectivity index (χ1v) is 10.3. The van der Waals surface area contributed by atoms with Gasteiger partial charge in [-0.2, -0.15) is 0 Å². The maximum atomic E-state index is 4.82. The quantitative estimate of drug-likeness (QED) is 0.651. The molecule has 0 saturated carbocycles. The Balaban J connectivity index is -0.000000107. The van der Waals surface area contributed by atoms with Crippen LogP contribution in [-0.2, 0) is 0 Å². The molecule has 0 aliphatic carbocycles. The summed E-state index contributed by atoms with van der Waals surface area (Å²) in [5, 5.41) is 0. The first-order chi connectivity index (χ1) is 3.71. The monoisotopic (exact) mass is 233 g/mol. The van der Waals surface area contributed by atoms with Gasteiger partial charge < -0.3 is 4.65 Å². The van der Waals surface area contributed by atoms with E-state index in [4.69, 9.17) is 4.65 Å². The number of nitrogens with zero attached hydrogens (tertiary/aromatic N) is 1. The van der Waals surface area contributed by atoms with Gasteiger partial charge in [-0.15, -0.1) is 0 Å². The van der Waals surface area contributed by atoms with Crippen LogP contribution in [0.2, 0.25) is 39.3 Å². The zero-order chi connectivity index (χ0) is 7.71. The van der Waals surface area contributed by atoms with Gasteiger partial charge in [0.2, 0.25) is 0 Å². The maximum Gasteiger partial charge on any atom is 0 e. The topological polar surface area (TPSA) is 14.1 Å². The van der Waals surface area contributed by atoms with E-state index in [9.17, 15) is 0 Å². The van der Waals surface area contributed by atoms with Crippen LogP contribution in [0.15, 0.2) is 0 Å². The van der Waals surface area contributed by atoms with Gasteiger partial charge in [0.15, 0.2) is 0 Å². The summed E-state index contributed by atoms with van der Waals surface area (Å²) in [6.45, 7) is 13.8. The maximum absolute atomic E-state index is 4.82. The summed E-state index contributed by atoms with van der Waals surface area (Å²) in [5.74, 6) is 0. The Bertz CT molecular complexity index is 88.7. The summed E-state index contributed by atoms with van der Waals surface area (Å²) in [6, 6.07) is 0. The zero-order valence-electron chi connectivity index (χ0n) is 8.02. The summed E-state index contributed by atoms with van der Waals surface area (Å²) in [5.41, 5.74) is 0. The Morgan fingerprint density at radius 2 is 1.00 bits per heavy atom. The molecule has 0 aromatic rings. The fourth-order valence-corrected chi connectivity index (χ4v) is 9.06. The molecule has 0 atom stereocenters. The van der Waals surface area contributed by atoms with Crippen molar-refractivity contribution in [3.05, 3.63) is 4.65 Å². The van der Waals surface area contributed by atoms with Crippen molar-refractivity contribution in [1.82, 2.24) is 0 Å². The molecule has 0 rings (SSSR count). The Labute approximate surface area is 83.2 Å². The third-order valence-electron chi connectivity index (χ3n) is 0.671. The minimum atomic E-state index is -1.11. The molecule has 4 heteroatoms. The van der Waals surface area contributed by atoms with Crippen molar-refractivity contribution in [3.63, 3.8) is 0 Å². The van der Waals surface area contributed by atoms with Crippen LogP contribution < -0.4 is 0 Å². The van der Waals surface area contributed by atoms with E-state index in [1.165, 1.54) is 0 Å². The van der Waals surface area contributed by atoms with E-state index < -0.39 is 16.5 Å². The molecule has 0 bridgehead atoms. The number of hydrogen-bond acceptors (Lipinski definition) is 0. The van der Waals surface area contributed by atoms with Crippen molar-refractivity contribution >= 4 is 36.3 Å². The molecule has 1 nitrogen and oxygen atoms in total. The van der Waals surface area contributed by atoms with E-state index in [2.05, 4.69) is 39.3 Å². The summed E-state index contributed by atoms with van der Waals surface area (Å²) in [6.07, 6.45) is 0. The average molecular weight is 234 g/mol. The van der Waals surface area contributed by atoms with Gasteiger partial charge in [-0.25, -0.2) is 0 Å².